The van der Waals surface area contributed by atoms with Gasteiger partial charge in [0.1, 0.15) is 0 Å². The fourth-order valence-corrected chi connectivity index (χ4v) is 2.07. The van der Waals surface area contributed by atoms with Gasteiger partial charge in [0.2, 0.25) is 0 Å². The molecule has 2 nitrogen and oxygen atoms in total. The van der Waals surface area contributed by atoms with Crippen molar-refractivity contribution in [3.05, 3.63) is 62.0 Å². The van der Waals surface area contributed by atoms with Crippen LogP contribution in [-0.2, 0) is 0 Å². The summed E-state index contributed by atoms with van der Waals surface area (Å²) in [5, 5.41) is 3.31. The first-order chi connectivity index (χ1) is 8.56. The zero-order valence-electron chi connectivity index (χ0n) is 9.08. The average molecular weight is 389 g/mol. The molecule has 0 radical (unpaired) electrons. The quantitative estimate of drug-likeness (QED) is 0.759. The maximum atomic E-state index is 12.0. The number of carbonyl (C=O) groups excluding carboxylic acids is 1. The first kappa shape index (κ1) is 13.6. The van der Waals surface area contributed by atoms with Crippen LogP contribution >= 0.6 is 43.5 Å². The lowest BCUT2D eigenvalue weighted by molar-refractivity contribution is 0.102. The first-order valence-corrected chi connectivity index (χ1v) is 7.04. The summed E-state index contributed by atoms with van der Waals surface area (Å²) in [6.45, 7) is 0. The Morgan fingerprint density at radius 3 is 2.33 bits per heavy atom. The van der Waals surface area contributed by atoms with E-state index in [2.05, 4.69) is 37.2 Å². The standard InChI is InChI=1S/C13H8Br2ClNO/c14-9-2-4-10(5-3-9)17-13(18)8-1-6-11(15)12(16)7-8/h1-7H,(H,17,18). The predicted octanol–water partition coefficient (Wildman–Crippen LogP) is 5.12. The van der Waals surface area contributed by atoms with Crippen molar-refractivity contribution in [3.63, 3.8) is 0 Å². The molecule has 0 saturated carbocycles. The van der Waals surface area contributed by atoms with Gasteiger partial charge >= 0.3 is 0 Å². The zero-order valence-corrected chi connectivity index (χ0v) is 13.0. The van der Waals surface area contributed by atoms with E-state index in [1.54, 1.807) is 18.2 Å². The van der Waals surface area contributed by atoms with Crippen LogP contribution in [0.5, 0.6) is 0 Å². The SMILES string of the molecule is O=C(Nc1ccc(Br)cc1)c1ccc(Br)c(Cl)c1. The van der Waals surface area contributed by atoms with Gasteiger partial charge in [-0.25, -0.2) is 0 Å². The Labute approximate surface area is 127 Å². The van der Waals surface area contributed by atoms with E-state index in [-0.39, 0.29) is 5.91 Å². The Kier molecular flexibility index (Phi) is 4.43. The smallest absolute Gasteiger partial charge is 0.255 e. The molecule has 2 aromatic carbocycles. The molecule has 5 heteroatoms. The summed E-state index contributed by atoms with van der Waals surface area (Å²) in [5.41, 5.74) is 1.26. The molecule has 2 aromatic rings. The molecule has 0 aliphatic heterocycles. The van der Waals surface area contributed by atoms with Crippen molar-refractivity contribution in [2.24, 2.45) is 0 Å². The van der Waals surface area contributed by atoms with Gasteiger partial charge < -0.3 is 5.32 Å². The highest BCUT2D eigenvalue weighted by atomic mass is 79.9. The van der Waals surface area contributed by atoms with E-state index in [1.807, 2.05) is 24.3 Å². The second kappa shape index (κ2) is 5.87. The number of halogens is 3. The summed E-state index contributed by atoms with van der Waals surface area (Å²) >= 11 is 12.6. The number of carbonyl (C=O) groups is 1. The Morgan fingerprint density at radius 1 is 1.06 bits per heavy atom. The summed E-state index contributed by atoms with van der Waals surface area (Å²) in [4.78, 5) is 12.0. The van der Waals surface area contributed by atoms with Gasteiger partial charge in [-0.3, -0.25) is 4.79 Å². The van der Waals surface area contributed by atoms with Crippen LogP contribution in [0.4, 0.5) is 5.69 Å². The highest BCUT2D eigenvalue weighted by Crippen LogP contribution is 2.23. The van der Waals surface area contributed by atoms with Gasteiger partial charge in [-0.1, -0.05) is 27.5 Å². The first-order valence-electron chi connectivity index (χ1n) is 5.08. The van der Waals surface area contributed by atoms with E-state index >= 15 is 0 Å². The Bertz CT molecular complexity index is 584. The van der Waals surface area contributed by atoms with Crippen molar-refractivity contribution in [3.8, 4) is 0 Å². The van der Waals surface area contributed by atoms with Crippen LogP contribution in [-0.4, -0.2) is 5.91 Å². The number of benzene rings is 2. The van der Waals surface area contributed by atoms with Gasteiger partial charge in [0.15, 0.2) is 0 Å². The summed E-state index contributed by atoms with van der Waals surface area (Å²) in [5.74, 6) is -0.188. The van der Waals surface area contributed by atoms with E-state index < -0.39 is 0 Å². The molecule has 1 N–H and O–H groups in total. The molecule has 2 rings (SSSR count). The normalized spacial score (nSPS) is 10.2. The minimum Gasteiger partial charge on any atom is -0.322 e. The predicted molar refractivity (Wildman–Crippen MR) is 81.2 cm³/mol. The molecule has 0 heterocycles. The van der Waals surface area contributed by atoms with Crippen LogP contribution in [0.2, 0.25) is 5.02 Å². The van der Waals surface area contributed by atoms with Crippen LogP contribution < -0.4 is 5.32 Å². The zero-order chi connectivity index (χ0) is 13.1. The molecule has 0 aliphatic carbocycles. The summed E-state index contributed by atoms with van der Waals surface area (Å²) in [6.07, 6.45) is 0. The lowest BCUT2D eigenvalue weighted by atomic mass is 10.2. The van der Waals surface area contributed by atoms with E-state index in [4.69, 9.17) is 11.6 Å². The van der Waals surface area contributed by atoms with Crippen molar-refractivity contribution in [2.75, 3.05) is 5.32 Å². The molecule has 0 bridgehead atoms. The molecule has 0 fully saturated rings. The fraction of sp³-hybridized carbons (Fsp3) is 0. The third kappa shape index (κ3) is 3.34. The van der Waals surface area contributed by atoms with Crippen molar-refractivity contribution in [1.82, 2.24) is 0 Å². The van der Waals surface area contributed by atoms with Crippen LogP contribution in [0.3, 0.4) is 0 Å². The van der Waals surface area contributed by atoms with Gasteiger partial charge in [0.25, 0.3) is 5.91 Å². The third-order valence-corrected chi connectivity index (χ3v) is 4.05. The monoisotopic (exact) mass is 387 g/mol. The molecule has 1 amide bonds. The number of nitrogens with one attached hydrogen (secondary N) is 1. The van der Waals surface area contributed by atoms with Gasteiger partial charge in [0.05, 0.1) is 5.02 Å². The molecule has 0 saturated heterocycles. The molecule has 0 atom stereocenters. The highest BCUT2D eigenvalue weighted by molar-refractivity contribution is 9.10. The summed E-state index contributed by atoms with van der Waals surface area (Å²) < 4.78 is 1.73. The molecule has 0 unspecified atom stereocenters. The maximum Gasteiger partial charge on any atom is 0.255 e. The molecule has 0 aliphatic rings. The van der Waals surface area contributed by atoms with Crippen molar-refractivity contribution in [2.45, 2.75) is 0 Å². The molecule has 92 valence electrons. The van der Waals surface area contributed by atoms with Gasteiger partial charge in [0, 0.05) is 20.2 Å². The van der Waals surface area contributed by atoms with Crippen molar-refractivity contribution in [1.29, 1.82) is 0 Å². The number of rotatable bonds is 2. The lowest BCUT2D eigenvalue weighted by Gasteiger charge is -2.06. The Hall–Kier alpha value is -0.840. The highest BCUT2D eigenvalue weighted by Gasteiger charge is 2.08. The Morgan fingerprint density at radius 2 is 1.72 bits per heavy atom. The van der Waals surface area contributed by atoms with Crippen molar-refractivity contribution < 1.29 is 4.79 Å². The van der Waals surface area contributed by atoms with Gasteiger partial charge in [-0.2, -0.15) is 0 Å². The molecular formula is C13H8Br2ClNO. The average Bonchev–Trinajstić information content (AvgIpc) is 2.35. The van der Waals surface area contributed by atoms with Crippen LogP contribution in [0.25, 0.3) is 0 Å². The minimum absolute atomic E-state index is 0.188. The fourth-order valence-electron chi connectivity index (χ4n) is 1.37. The molecular weight excluding hydrogens is 381 g/mol. The van der Waals surface area contributed by atoms with Crippen LogP contribution in [0, 0.1) is 0 Å². The van der Waals surface area contributed by atoms with Crippen LogP contribution in [0.1, 0.15) is 10.4 Å². The molecule has 0 aromatic heterocycles. The van der Waals surface area contributed by atoms with Gasteiger partial charge in [-0.05, 0) is 58.4 Å². The van der Waals surface area contributed by atoms with E-state index in [9.17, 15) is 4.79 Å². The number of hydrogen-bond donors (Lipinski definition) is 1. The number of amides is 1. The largest absolute Gasteiger partial charge is 0.322 e. The van der Waals surface area contributed by atoms with E-state index in [1.165, 1.54) is 0 Å². The number of hydrogen-bond acceptors (Lipinski definition) is 1. The van der Waals surface area contributed by atoms with Gasteiger partial charge in [-0.15, -0.1) is 0 Å². The van der Waals surface area contributed by atoms with E-state index in [0.717, 1.165) is 14.6 Å². The molecule has 18 heavy (non-hydrogen) atoms. The minimum atomic E-state index is -0.188. The van der Waals surface area contributed by atoms with E-state index in [0.29, 0.717) is 10.6 Å². The topological polar surface area (TPSA) is 29.1 Å². The number of anilines is 1. The second-order valence-corrected chi connectivity index (χ2v) is 5.77. The maximum absolute atomic E-state index is 12.0. The molecule has 0 spiro atoms. The third-order valence-electron chi connectivity index (χ3n) is 2.28. The van der Waals surface area contributed by atoms with Crippen molar-refractivity contribution >= 4 is 55.1 Å². The second-order valence-electron chi connectivity index (χ2n) is 3.59. The lowest BCUT2D eigenvalue weighted by Crippen LogP contribution is -2.11. The van der Waals surface area contributed by atoms with Crippen LogP contribution in [0.15, 0.2) is 51.4 Å². The Balaban J connectivity index is 2.16. The summed E-state index contributed by atoms with van der Waals surface area (Å²) in [6, 6.07) is 12.5. The summed E-state index contributed by atoms with van der Waals surface area (Å²) in [7, 11) is 0.